The normalized spacial score (nSPS) is 16.2. The van der Waals surface area contributed by atoms with Crippen LogP contribution < -0.4 is 20.1 Å². The molecular weight excluding hydrogens is 364 g/mol. The molecule has 27 heavy (non-hydrogen) atoms. The molecule has 2 amide bonds. The predicted molar refractivity (Wildman–Crippen MR) is 105 cm³/mol. The molecule has 1 aromatic heterocycles. The van der Waals surface area contributed by atoms with Crippen molar-refractivity contribution in [3.05, 3.63) is 34.0 Å². The number of hydrogen-bond acceptors (Lipinski definition) is 5. The van der Waals surface area contributed by atoms with Crippen LogP contribution in [0.25, 0.3) is 0 Å². The van der Waals surface area contributed by atoms with Crippen LogP contribution in [-0.4, -0.2) is 25.0 Å². The molecule has 4 rings (SSSR count). The summed E-state index contributed by atoms with van der Waals surface area (Å²) < 4.78 is 11.1. The second-order valence-corrected chi connectivity index (χ2v) is 7.74. The monoisotopic (exact) mass is 386 g/mol. The molecule has 0 radical (unpaired) electrons. The topological polar surface area (TPSA) is 76.7 Å². The SMILES string of the molecule is Cc1c(NC(=O)c2scc3c2OCCO3)cccc1NC(=O)C1CCCC1. The number of carbonyl (C=O) groups is 2. The number of ether oxygens (including phenoxy) is 2. The fourth-order valence-corrected chi connectivity index (χ4v) is 4.35. The van der Waals surface area contributed by atoms with Crippen molar-refractivity contribution < 1.29 is 19.1 Å². The Morgan fingerprint density at radius 1 is 1.07 bits per heavy atom. The lowest BCUT2D eigenvalue weighted by atomic mass is 10.1. The summed E-state index contributed by atoms with van der Waals surface area (Å²) in [4.78, 5) is 25.6. The minimum Gasteiger partial charge on any atom is -0.485 e. The van der Waals surface area contributed by atoms with Gasteiger partial charge in [0.25, 0.3) is 5.91 Å². The quantitative estimate of drug-likeness (QED) is 0.825. The first-order chi connectivity index (χ1) is 13.1. The van der Waals surface area contributed by atoms with Crippen LogP contribution in [0, 0.1) is 12.8 Å². The van der Waals surface area contributed by atoms with Gasteiger partial charge in [0.15, 0.2) is 11.5 Å². The number of benzene rings is 1. The van der Waals surface area contributed by atoms with Crippen molar-refractivity contribution in [3.63, 3.8) is 0 Å². The van der Waals surface area contributed by atoms with E-state index in [2.05, 4.69) is 10.6 Å². The third-order valence-electron chi connectivity index (χ3n) is 5.07. The maximum absolute atomic E-state index is 12.7. The highest BCUT2D eigenvalue weighted by molar-refractivity contribution is 7.13. The Labute approximate surface area is 161 Å². The molecule has 1 aliphatic heterocycles. The summed E-state index contributed by atoms with van der Waals surface area (Å²) in [7, 11) is 0. The van der Waals surface area contributed by atoms with E-state index in [1.54, 1.807) is 5.38 Å². The van der Waals surface area contributed by atoms with Crippen molar-refractivity contribution in [2.45, 2.75) is 32.6 Å². The number of amides is 2. The van der Waals surface area contributed by atoms with Gasteiger partial charge in [-0.3, -0.25) is 9.59 Å². The molecule has 2 heterocycles. The molecule has 0 bridgehead atoms. The summed E-state index contributed by atoms with van der Waals surface area (Å²) >= 11 is 1.30. The van der Waals surface area contributed by atoms with Crippen LogP contribution >= 0.6 is 11.3 Å². The van der Waals surface area contributed by atoms with Gasteiger partial charge in [-0.1, -0.05) is 18.9 Å². The van der Waals surface area contributed by atoms with Crippen LogP contribution in [0.4, 0.5) is 11.4 Å². The zero-order chi connectivity index (χ0) is 18.8. The first-order valence-corrected chi connectivity index (χ1v) is 10.1. The fourth-order valence-electron chi connectivity index (χ4n) is 3.53. The molecule has 0 saturated heterocycles. The number of carbonyl (C=O) groups excluding carboxylic acids is 2. The number of hydrogen-bond donors (Lipinski definition) is 2. The van der Waals surface area contributed by atoms with E-state index in [0.29, 0.717) is 35.3 Å². The van der Waals surface area contributed by atoms with Gasteiger partial charge in [-0.05, 0) is 37.5 Å². The number of rotatable bonds is 4. The maximum Gasteiger partial charge on any atom is 0.269 e. The predicted octanol–water partition coefficient (Wildman–Crippen LogP) is 4.21. The third kappa shape index (κ3) is 3.64. The summed E-state index contributed by atoms with van der Waals surface area (Å²) in [6, 6.07) is 5.52. The lowest BCUT2D eigenvalue weighted by Crippen LogP contribution is -2.21. The van der Waals surface area contributed by atoms with Crippen molar-refractivity contribution in [2.24, 2.45) is 5.92 Å². The average molecular weight is 386 g/mol. The summed E-state index contributed by atoms with van der Waals surface area (Å²) in [5, 5.41) is 7.73. The number of thiophene rings is 1. The highest BCUT2D eigenvalue weighted by Crippen LogP contribution is 2.39. The van der Waals surface area contributed by atoms with Crippen LogP contribution in [0.3, 0.4) is 0 Å². The molecule has 1 fully saturated rings. The molecule has 1 aromatic carbocycles. The van der Waals surface area contributed by atoms with Crippen molar-refractivity contribution in [2.75, 3.05) is 23.8 Å². The molecule has 2 aromatic rings. The van der Waals surface area contributed by atoms with Crippen molar-refractivity contribution in [1.29, 1.82) is 0 Å². The van der Waals surface area contributed by atoms with E-state index in [-0.39, 0.29) is 17.7 Å². The molecule has 1 saturated carbocycles. The van der Waals surface area contributed by atoms with Gasteiger partial charge in [0.1, 0.15) is 18.1 Å². The summed E-state index contributed by atoms with van der Waals surface area (Å²) in [6.07, 6.45) is 4.13. The first kappa shape index (κ1) is 17.9. The van der Waals surface area contributed by atoms with E-state index in [1.165, 1.54) is 11.3 Å². The van der Waals surface area contributed by atoms with Crippen LogP contribution in [0.1, 0.15) is 40.9 Å². The maximum atomic E-state index is 12.7. The van der Waals surface area contributed by atoms with Crippen molar-refractivity contribution in [1.82, 2.24) is 0 Å². The number of anilines is 2. The lowest BCUT2D eigenvalue weighted by Gasteiger charge is -2.17. The van der Waals surface area contributed by atoms with Gasteiger partial charge in [-0.2, -0.15) is 0 Å². The fraction of sp³-hybridized carbons (Fsp3) is 0.400. The molecule has 0 spiro atoms. The standard InChI is InChI=1S/C20H22N2O4S/c1-12-14(21-19(23)13-5-2-3-6-13)7-4-8-15(12)22-20(24)18-17-16(11-27-18)25-9-10-26-17/h4,7-8,11,13H,2-3,5-6,9-10H2,1H3,(H,21,23)(H,22,24). The molecule has 2 aliphatic rings. The Hall–Kier alpha value is -2.54. The molecule has 1 aliphatic carbocycles. The summed E-state index contributed by atoms with van der Waals surface area (Å²) in [6.45, 7) is 2.82. The highest BCUT2D eigenvalue weighted by atomic mass is 32.1. The van der Waals surface area contributed by atoms with E-state index < -0.39 is 0 Å². The first-order valence-electron chi connectivity index (χ1n) is 9.22. The highest BCUT2D eigenvalue weighted by Gasteiger charge is 2.25. The molecule has 2 N–H and O–H groups in total. The minimum atomic E-state index is -0.242. The summed E-state index contributed by atoms with van der Waals surface area (Å²) in [5.74, 6) is 1.04. The van der Waals surface area contributed by atoms with Crippen LogP contribution in [0.15, 0.2) is 23.6 Å². The van der Waals surface area contributed by atoms with E-state index >= 15 is 0 Å². The van der Waals surface area contributed by atoms with E-state index in [4.69, 9.17) is 9.47 Å². The van der Waals surface area contributed by atoms with Gasteiger partial charge in [0, 0.05) is 22.7 Å². The zero-order valence-electron chi connectivity index (χ0n) is 15.2. The van der Waals surface area contributed by atoms with Gasteiger partial charge in [0.05, 0.1) is 0 Å². The number of fused-ring (bicyclic) bond motifs is 1. The van der Waals surface area contributed by atoms with Crippen molar-refractivity contribution in [3.8, 4) is 11.5 Å². The van der Waals surface area contributed by atoms with Crippen molar-refractivity contribution >= 4 is 34.5 Å². The third-order valence-corrected chi connectivity index (χ3v) is 6.01. The Bertz CT molecular complexity index is 871. The smallest absolute Gasteiger partial charge is 0.269 e. The van der Waals surface area contributed by atoms with Gasteiger partial charge in [-0.15, -0.1) is 11.3 Å². The van der Waals surface area contributed by atoms with Gasteiger partial charge in [-0.25, -0.2) is 0 Å². The van der Waals surface area contributed by atoms with Crippen LogP contribution in [0.5, 0.6) is 11.5 Å². The average Bonchev–Trinajstić information content (AvgIpc) is 3.34. The summed E-state index contributed by atoms with van der Waals surface area (Å²) in [5.41, 5.74) is 2.24. The second kappa shape index (κ2) is 7.60. The van der Waals surface area contributed by atoms with Gasteiger partial charge in [0.2, 0.25) is 5.91 Å². The Morgan fingerprint density at radius 2 is 1.78 bits per heavy atom. The molecule has 0 unspecified atom stereocenters. The lowest BCUT2D eigenvalue weighted by molar-refractivity contribution is -0.119. The Balaban J connectivity index is 1.50. The number of nitrogens with one attached hydrogen (secondary N) is 2. The second-order valence-electron chi connectivity index (χ2n) is 6.86. The van der Waals surface area contributed by atoms with E-state index in [0.717, 1.165) is 36.9 Å². The van der Waals surface area contributed by atoms with Gasteiger partial charge >= 0.3 is 0 Å². The minimum absolute atomic E-state index is 0.0666. The molecule has 7 heteroatoms. The van der Waals surface area contributed by atoms with E-state index in [9.17, 15) is 9.59 Å². The Kier molecular flexibility index (Phi) is 5.03. The van der Waals surface area contributed by atoms with Gasteiger partial charge < -0.3 is 20.1 Å². The van der Waals surface area contributed by atoms with Crippen LogP contribution in [-0.2, 0) is 4.79 Å². The largest absolute Gasteiger partial charge is 0.485 e. The Morgan fingerprint density at radius 3 is 2.56 bits per heavy atom. The molecule has 0 atom stereocenters. The zero-order valence-corrected chi connectivity index (χ0v) is 16.0. The molecular formula is C20H22N2O4S. The molecule has 6 nitrogen and oxygen atoms in total. The van der Waals surface area contributed by atoms with Crippen LogP contribution in [0.2, 0.25) is 0 Å². The van der Waals surface area contributed by atoms with E-state index in [1.807, 2.05) is 25.1 Å². The molecule has 142 valence electrons.